The summed E-state index contributed by atoms with van der Waals surface area (Å²) >= 11 is 0. The van der Waals surface area contributed by atoms with E-state index in [0.29, 0.717) is 11.8 Å². The molecule has 5 nitrogen and oxygen atoms in total. The molecular weight excluding hydrogens is 617 g/mol. The molecule has 2 aliphatic rings. The number of hydrogen-bond donors (Lipinski definition) is 0. The van der Waals surface area contributed by atoms with Crippen molar-refractivity contribution in [2.24, 2.45) is 0 Å². The molecule has 1 aliphatic carbocycles. The third kappa shape index (κ3) is 3.77. The highest BCUT2D eigenvalue weighted by Crippen LogP contribution is 2.62. The molecule has 2 aromatic heterocycles. The first-order valence-corrected chi connectivity index (χ1v) is 16.7. The van der Waals surface area contributed by atoms with Gasteiger partial charge in [-0.25, -0.2) is 9.97 Å². The van der Waals surface area contributed by atoms with Crippen LogP contribution in [0.5, 0.6) is 11.5 Å². The Bertz CT molecular complexity index is 2620. The van der Waals surface area contributed by atoms with Crippen molar-refractivity contribution in [2.45, 2.75) is 5.41 Å². The lowest BCUT2D eigenvalue weighted by Crippen LogP contribution is -2.32. The molecule has 50 heavy (non-hydrogen) atoms. The number of nitrogens with zero attached hydrogens (tertiary/aromatic N) is 2. The Morgan fingerprint density at radius 1 is 0.380 bits per heavy atom. The molecule has 0 saturated carbocycles. The van der Waals surface area contributed by atoms with Crippen LogP contribution in [0.25, 0.3) is 67.4 Å². The second-order valence-electron chi connectivity index (χ2n) is 12.9. The van der Waals surface area contributed by atoms with Gasteiger partial charge in [0, 0.05) is 22.3 Å². The standard InChI is InChI=1S/C45H26N2O3/c1-2-12-33-31(11-1)32-26-27(21-22-34(32)45(33)35-13-3-7-17-39(35)48-40-18-8-4-14-36(40)45)28-23-29(43-46-37-15-5-9-19-41(37)49-43)25-30(24-28)44-47-38-16-6-10-20-42(38)50-44/h1-26H. The topological polar surface area (TPSA) is 61.3 Å². The molecule has 5 heteroatoms. The molecule has 7 aromatic carbocycles. The number of para-hydroxylation sites is 6. The van der Waals surface area contributed by atoms with E-state index in [2.05, 4.69) is 91.0 Å². The van der Waals surface area contributed by atoms with Crippen LogP contribution in [0.4, 0.5) is 0 Å². The second-order valence-corrected chi connectivity index (χ2v) is 12.9. The number of ether oxygens (including phenoxy) is 1. The van der Waals surface area contributed by atoms with Crippen LogP contribution in [0.2, 0.25) is 0 Å². The summed E-state index contributed by atoms with van der Waals surface area (Å²) in [6.07, 6.45) is 0. The Labute approximate surface area is 287 Å². The van der Waals surface area contributed by atoms with Crippen molar-refractivity contribution in [3.8, 4) is 56.7 Å². The van der Waals surface area contributed by atoms with Crippen molar-refractivity contribution in [1.82, 2.24) is 9.97 Å². The van der Waals surface area contributed by atoms with Crippen LogP contribution >= 0.6 is 0 Å². The van der Waals surface area contributed by atoms with E-state index in [1.165, 1.54) is 22.3 Å². The van der Waals surface area contributed by atoms with E-state index < -0.39 is 5.41 Å². The van der Waals surface area contributed by atoms with E-state index in [1.807, 2.05) is 66.7 Å². The second kappa shape index (κ2) is 10.1. The number of fused-ring (bicyclic) bond motifs is 11. The molecule has 9 aromatic rings. The molecular formula is C45H26N2O3. The van der Waals surface area contributed by atoms with Gasteiger partial charge in [-0.05, 0) is 94.0 Å². The molecule has 3 heterocycles. The lowest BCUT2D eigenvalue weighted by molar-refractivity contribution is 0.436. The summed E-state index contributed by atoms with van der Waals surface area (Å²) in [7, 11) is 0. The van der Waals surface area contributed by atoms with Crippen molar-refractivity contribution < 1.29 is 13.6 Å². The third-order valence-corrected chi connectivity index (χ3v) is 10.2. The first-order valence-electron chi connectivity index (χ1n) is 16.7. The molecule has 11 rings (SSSR count). The van der Waals surface area contributed by atoms with Gasteiger partial charge in [-0.1, -0.05) is 97.1 Å². The summed E-state index contributed by atoms with van der Waals surface area (Å²) in [5, 5.41) is 0. The van der Waals surface area contributed by atoms with E-state index in [0.717, 1.165) is 67.1 Å². The Balaban J connectivity index is 1.15. The van der Waals surface area contributed by atoms with Crippen molar-refractivity contribution in [3.63, 3.8) is 0 Å². The van der Waals surface area contributed by atoms with E-state index in [4.69, 9.17) is 23.5 Å². The summed E-state index contributed by atoms with van der Waals surface area (Å²) in [4.78, 5) is 9.71. The highest BCUT2D eigenvalue weighted by Gasteiger charge is 2.50. The van der Waals surface area contributed by atoms with E-state index >= 15 is 0 Å². The zero-order valence-electron chi connectivity index (χ0n) is 26.6. The van der Waals surface area contributed by atoms with Crippen molar-refractivity contribution in [2.75, 3.05) is 0 Å². The number of oxazole rings is 2. The average molecular weight is 643 g/mol. The molecule has 0 amide bonds. The van der Waals surface area contributed by atoms with Crippen LogP contribution in [0, 0.1) is 0 Å². The van der Waals surface area contributed by atoms with E-state index in [9.17, 15) is 0 Å². The van der Waals surface area contributed by atoms with Gasteiger partial charge in [0.15, 0.2) is 11.2 Å². The van der Waals surface area contributed by atoms with Gasteiger partial charge in [0.05, 0.1) is 5.41 Å². The summed E-state index contributed by atoms with van der Waals surface area (Å²) in [6.45, 7) is 0. The molecule has 234 valence electrons. The minimum absolute atomic E-state index is 0.515. The number of hydrogen-bond acceptors (Lipinski definition) is 5. The zero-order valence-corrected chi connectivity index (χ0v) is 26.6. The number of benzene rings is 7. The van der Waals surface area contributed by atoms with Crippen LogP contribution in [-0.4, -0.2) is 9.97 Å². The van der Waals surface area contributed by atoms with Gasteiger partial charge in [0.2, 0.25) is 11.8 Å². The smallest absolute Gasteiger partial charge is 0.227 e. The molecule has 1 spiro atoms. The summed E-state index contributed by atoms with van der Waals surface area (Å²) in [6, 6.07) is 54.5. The fraction of sp³-hybridized carbons (Fsp3) is 0.0222. The van der Waals surface area contributed by atoms with Gasteiger partial charge in [-0.2, -0.15) is 0 Å². The summed E-state index contributed by atoms with van der Waals surface area (Å²) < 4.78 is 19.1. The van der Waals surface area contributed by atoms with E-state index in [1.54, 1.807) is 0 Å². The first kappa shape index (κ1) is 27.3. The third-order valence-electron chi connectivity index (χ3n) is 10.2. The van der Waals surface area contributed by atoms with E-state index in [-0.39, 0.29) is 0 Å². The van der Waals surface area contributed by atoms with Gasteiger partial charge < -0.3 is 13.6 Å². The number of aromatic nitrogens is 2. The quantitative estimate of drug-likeness (QED) is 0.192. The zero-order chi connectivity index (χ0) is 32.8. The monoisotopic (exact) mass is 642 g/mol. The van der Waals surface area contributed by atoms with Crippen molar-refractivity contribution in [3.05, 3.63) is 180 Å². The fourth-order valence-electron chi connectivity index (χ4n) is 8.07. The van der Waals surface area contributed by atoms with Crippen LogP contribution < -0.4 is 4.74 Å². The van der Waals surface area contributed by atoms with Gasteiger partial charge in [-0.15, -0.1) is 0 Å². The summed E-state index contributed by atoms with van der Waals surface area (Å²) in [5.41, 5.74) is 13.6. The number of rotatable bonds is 3. The normalized spacial score (nSPS) is 13.5. The van der Waals surface area contributed by atoms with Gasteiger partial charge in [0.25, 0.3) is 0 Å². The first-order chi connectivity index (χ1) is 24.7. The molecule has 0 saturated heterocycles. The maximum absolute atomic E-state index is 6.51. The lowest BCUT2D eigenvalue weighted by atomic mass is 9.66. The minimum Gasteiger partial charge on any atom is -0.457 e. The molecule has 0 atom stereocenters. The van der Waals surface area contributed by atoms with Crippen LogP contribution in [-0.2, 0) is 5.41 Å². The van der Waals surface area contributed by atoms with Crippen LogP contribution in [0.1, 0.15) is 22.3 Å². The Morgan fingerprint density at radius 2 is 0.880 bits per heavy atom. The average Bonchev–Trinajstić information content (AvgIpc) is 3.89. The Kier molecular flexibility index (Phi) is 5.53. The summed E-state index contributed by atoms with van der Waals surface area (Å²) in [5.74, 6) is 2.86. The SMILES string of the molecule is c1ccc2c(c1)Oc1ccccc1C21c2ccccc2-c2cc(-c3cc(-c4nc5ccccc5o4)cc(-c4nc5ccccc5o4)c3)ccc21. The molecule has 0 fully saturated rings. The molecule has 0 bridgehead atoms. The molecule has 1 aliphatic heterocycles. The van der Waals surface area contributed by atoms with Gasteiger partial charge in [0.1, 0.15) is 22.5 Å². The lowest BCUT2D eigenvalue weighted by Gasteiger charge is -2.39. The fourth-order valence-corrected chi connectivity index (χ4v) is 8.07. The maximum Gasteiger partial charge on any atom is 0.227 e. The van der Waals surface area contributed by atoms with Gasteiger partial charge in [-0.3, -0.25) is 0 Å². The predicted molar refractivity (Wildman–Crippen MR) is 195 cm³/mol. The predicted octanol–water partition coefficient (Wildman–Crippen LogP) is 11.4. The molecule has 0 N–H and O–H groups in total. The van der Waals surface area contributed by atoms with Crippen molar-refractivity contribution in [1.29, 1.82) is 0 Å². The highest BCUT2D eigenvalue weighted by molar-refractivity contribution is 5.91. The molecule has 0 unspecified atom stereocenters. The Morgan fingerprint density at radius 3 is 1.50 bits per heavy atom. The Hall–Kier alpha value is -6.72. The van der Waals surface area contributed by atoms with Crippen LogP contribution in [0.15, 0.2) is 167 Å². The highest BCUT2D eigenvalue weighted by atomic mass is 16.5. The largest absolute Gasteiger partial charge is 0.457 e. The van der Waals surface area contributed by atoms with Crippen LogP contribution in [0.3, 0.4) is 0 Å². The van der Waals surface area contributed by atoms with Gasteiger partial charge >= 0.3 is 0 Å². The maximum atomic E-state index is 6.51. The minimum atomic E-state index is -0.515. The molecule has 0 radical (unpaired) electrons. The van der Waals surface area contributed by atoms with Crippen molar-refractivity contribution >= 4 is 22.2 Å².